The average molecular weight is 405 g/mol. The number of benzene rings is 1. The Hall–Kier alpha value is -1.40. The van der Waals surface area contributed by atoms with Crippen LogP contribution in [0.15, 0.2) is 29.2 Å². The van der Waals surface area contributed by atoms with Gasteiger partial charge in [0.05, 0.1) is 4.90 Å². The molecule has 3 aliphatic rings. The van der Waals surface area contributed by atoms with Crippen LogP contribution in [0.25, 0.3) is 0 Å². The van der Waals surface area contributed by atoms with Crippen LogP contribution in [0.3, 0.4) is 0 Å². The third kappa shape index (κ3) is 3.99. The molecule has 3 fully saturated rings. The highest BCUT2D eigenvalue weighted by Crippen LogP contribution is 2.49. The van der Waals surface area contributed by atoms with E-state index >= 15 is 0 Å². The van der Waals surface area contributed by atoms with Crippen LogP contribution in [0.1, 0.15) is 51.0 Å². The Balaban J connectivity index is 1.32. The molecule has 0 radical (unpaired) electrons. The zero-order chi connectivity index (χ0) is 19.7. The second kappa shape index (κ2) is 8.15. The van der Waals surface area contributed by atoms with Gasteiger partial charge < -0.3 is 4.90 Å². The van der Waals surface area contributed by atoms with E-state index < -0.39 is 10.0 Å². The van der Waals surface area contributed by atoms with Crippen molar-refractivity contribution in [1.29, 1.82) is 0 Å². The zero-order valence-electron chi connectivity index (χ0n) is 16.8. The lowest BCUT2D eigenvalue weighted by molar-refractivity contribution is -0.133. The van der Waals surface area contributed by atoms with E-state index in [2.05, 4.69) is 6.92 Å². The van der Waals surface area contributed by atoms with Gasteiger partial charge in [0.1, 0.15) is 0 Å². The minimum atomic E-state index is -3.48. The summed E-state index contributed by atoms with van der Waals surface area (Å²) in [6.07, 6.45) is 7.86. The third-order valence-corrected chi connectivity index (χ3v) is 8.93. The summed E-state index contributed by atoms with van der Waals surface area (Å²) in [5.74, 6) is 2.40. The fourth-order valence-electron chi connectivity index (χ4n) is 5.42. The molecule has 2 saturated carbocycles. The SMILES string of the molecule is CCCc1ccc(S(=O)(=O)N2CCN(C(=O)C[C@@H]3C[C@@H]4CC[C@@H]3C4)CC2)cc1. The normalized spacial score (nSPS) is 28.0. The van der Waals surface area contributed by atoms with Crippen molar-refractivity contribution in [3.63, 3.8) is 0 Å². The van der Waals surface area contributed by atoms with Gasteiger partial charge in [-0.15, -0.1) is 0 Å². The summed E-state index contributed by atoms with van der Waals surface area (Å²) < 4.78 is 27.4. The van der Waals surface area contributed by atoms with Gasteiger partial charge in [0, 0.05) is 32.6 Å². The fraction of sp³-hybridized carbons (Fsp3) is 0.682. The number of carbonyl (C=O) groups is 1. The summed E-state index contributed by atoms with van der Waals surface area (Å²) in [5, 5.41) is 0. The number of hydrogen-bond acceptors (Lipinski definition) is 3. The topological polar surface area (TPSA) is 57.7 Å². The second-order valence-electron chi connectivity index (χ2n) is 8.82. The van der Waals surface area contributed by atoms with Crippen LogP contribution in [0.4, 0.5) is 0 Å². The number of piperazine rings is 1. The van der Waals surface area contributed by atoms with E-state index in [1.165, 1.54) is 30.0 Å². The van der Waals surface area contributed by atoms with Gasteiger partial charge >= 0.3 is 0 Å². The van der Waals surface area contributed by atoms with Crippen LogP contribution in [-0.2, 0) is 21.2 Å². The highest BCUT2D eigenvalue weighted by atomic mass is 32.2. The Morgan fingerprint density at radius 1 is 1.04 bits per heavy atom. The first kappa shape index (κ1) is 19.9. The number of hydrogen-bond donors (Lipinski definition) is 0. The van der Waals surface area contributed by atoms with E-state index in [9.17, 15) is 13.2 Å². The maximum absolute atomic E-state index is 12.9. The summed E-state index contributed by atoms with van der Waals surface area (Å²) in [4.78, 5) is 14.9. The molecule has 1 saturated heterocycles. The molecule has 1 aromatic rings. The second-order valence-corrected chi connectivity index (χ2v) is 10.8. The number of rotatable bonds is 6. The molecule has 0 spiro atoms. The molecule has 154 valence electrons. The molecule has 5 nitrogen and oxygen atoms in total. The standard InChI is InChI=1S/C22H32N2O3S/c1-2-3-17-5-8-21(9-6-17)28(26,27)24-12-10-23(11-13-24)22(25)16-20-15-18-4-7-19(20)14-18/h5-6,8-9,18-20H,2-4,7,10-16H2,1H3/t18-,19-,20+/m1/s1. The monoisotopic (exact) mass is 404 g/mol. The summed E-state index contributed by atoms with van der Waals surface area (Å²) in [6, 6.07) is 7.25. The predicted molar refractivity (Wildman–Crippen MR) is 109 cm³/mol. The Morgan fingerprint density at radius 2 is 1.75 bits per heavy atom. The van der Waals surface area contributed by atoms with Gasteiger partial charge in [-0.05, 0) is 61.1 Å². The molecule has 2 aliphatic carbocycles. The van der Waals surface area contributed by atoms with E-state index in [-0.39, 0.29) is 5.91 Å². The lowest BCUT2D eigenvalue weighted by Gasteiger charge is -2.35. The molecule has 28 heavy (non-hydrogen) atoms. The third-order valence-electron chi connectivity index (χ3n) is 7.01. The van der Waals surface area contributed by atoms with Crippen LogP contribution in [0.2, 0.25) is 0 Å². The van der Waals surface area contributed by atoms with E-state index in [4.69, 9.17) is 0 Å². The molecule has 1 amide bonds. The number of aryl methyl sites for hydroxylation is 1. The van der Waals surface area contributed by atoms with Gasteiger partial charge in [-0.25, -0.2) is 8.42 Å². The van der Waals surface area contributed by atoms with Gasteiger partial charge in [0.15, 0.2) is 0 Å². The fourth-order valence-corrected chi connectivity index (χ4v) is 6.85. The van der Waals surface area contributed by atoms with Crippen LogP contribution in [0, 0.1) is 17.8 Å². The average Bonchev–Trinajstić information content (AvgIpc) is 3.32. The minimum Gasteiger partial charge on any atom is -0.340 e. The van der Waals surface area contributed by atoms with E-state index in [1.54, 1.807) is 12.1 Å². The van der Waals surface area contributed by atoms with Crippen molar-refractivity contribution in [2.24, 2.45) is 17.8 Å². The first-order chi connectivity index (χ1) is 13.5. The van der Waals surface area contributed by atoms with Crippen molar-refractivity contribution >= 4 is 15.9 Å². The number of carbonyl (C=O) groups excluding carboxylic acids is 1. The maximum atomic E-state index is 12.9. The summed E-state index contributed by atoms with van der Waals surface area (Å²) in [6.45, 7) is 3.91. The molecule has 4 rings (SSSR count). The Bertz CT molecular complexity index is 798. The lowest BCUT2D eigenvalue weighted by Crippen LogP contribution is -2.50. The molecule has 1 aromatic carbocycles. The predicted octanol–water partition coefficient (Wildman–Crippen LogP) is 3.30. The van der Waals surface area contributed by atoms with Gasteiger partial charge in [-0.1, -0.05) is 31.9 Å². The van der Waals surface area contributed by atoms with Crippen LogP contribution < -0.4 is 0 Å². The van der Waals surface area contributed by atoms with Crippen LogP contribution in [0.5, 0.6) is 0 Å². The van der Waals surface area contributed by atoms with Crippen molar-refractivity contribution in [2.45, 2.75) is 56.8 Å². The molecule has 0 aromatic heterocycles. The maximum Gasteiger partial charge on any atom is 0.243 e. The smallest absolute Gasteiger partial charge is 0.243 e. The van der Waals surface area contributed by atoms with Crippen molar-refractivity contribution in [3.05, 3.63) is 29.8 Å². The quantitative estimate of drug-likeness (QED) is 0.731. The molecular weight excluding hydrogens is 372 g/mol. The number of sulfonamides is 1. The molecule has 6 heteroatoms. The van der Waals surface area contributed by atoms with E-state index in [0.29, 0.717) is 43.4 Å². The van der Waals surface area contributed by atoms with Crippen molar-refractivity contribution in [1.82, 2.24) is 9.21 Å². The first-order valence-corrected chi connectivity index (χ1v) is 12.3. The van der Waals surface area contributed by atoms with Crippen molar-refractivity contribution in [2.75, 3.05) is 26.2 Å². The highest BCUT2D eigenvalue weighted by Gasteiger charge is 2.41. The summed E-state index contributed by atoms with van der Waals surface area (Å²) >= 11 is 0. The lowest BCUT2D eigenvalue weighted by atomic mass is 9.86. The largest absolute Gasteiger partial charge is 0.340 e. The Kier molecular flexibility index (Phi) is 5.79. The molecule has 2 bridgehead atoms. The molecule has 1 aliphatic heterocycles. The Morgan fingerprint density at radius 3 is 2.32 bits per heavy atom. The van der Waals surface area contributed by atoms with Gasteiger partial charge in [0.25, 0.3) is 0 Å². The molecular formula is C22H32N2O3S. The van der Waals surface area contributed by atoms with Crippen molar-refractivity contribution < 1.29 is 13.2 Å². The summed E-state index contributed by atoms with van der Waals surface area (Å²) in [5.41, 5.74) is 1.16. The molecule has 1 heterocycles. The minimum absolute atomic E-state index is 0.221. The molecule has 3 atom stereocenters. The van der Waals surface area contributed by atoms with Crippen LogP contribution >= 0.6 is 0 Å². The first-order valence-electron chi connectivity index (χ1n) is 10.8. The Labute approximate surface area is 169 Å². The van der Waals surface area contributed by atoms with E-state index in [0.717, 1.165) is 30.2 Å². The zero-order valence-corrected chi connectivity index (χ0v) is 17.7. The number of nitrogens with zero attached hydrogens (tertiary/aromatic N) is 2. The van der Waals surface area contributed by atoms with Crippen molar-refractivity contribution in [3.8, 4) is 0 Å². The van der Waals surface area contributed by atoms with Gasteiger partial charge in [-0.3, -0.25) is 4.79 Å². The number of fused-ring (bicyclic) bond motifs is 2. The number of amides is 1. The molecule has 0 unspecified atom stereocenters. The van der Waals surface area contributed by atoms with Crippen LogP contribution in [-0.4, -0.2) is 49.7 Å². The van der Waals surface area contributed by atoms with Gasteiger partial charge in [-0.2, -0.15) is 4.31 Å². The summed E-state index contributed by atoms with van der Waals surface area (Å²) in [7, 11) is -3.48. The van der Waals surface area contributed by atoms with E-state index in [1.807, 2.05) is 17.0 Å². The highest BCUT2D eigenvalue weighted by molar-refractivity contribution is 7.89. The van der Waals surface area contributed by atoms with Gasteiger partial charge in [0.2, 0.25) is 15.9 Å². The molecule has 0 N–H and O–H groups in total.